The molecule has 0 bridgehead atoms. The molecular formula is C50H53Cl3N8O11. The first-order valence-corrected chi connectivity index (χ1v) is 23.5. The van der Waals surface area contributed by atoms with E-state index in [0.717, 1.165) is 25.7 Å². The van der Waals surface area contributed by atoms with Gasteiger partial charge in [0.05, 0.1) is 35.4 Å². The van der Waals surface area contributed by atoms with Crippen molar-refractivity contribution in [2.45, 2.75) is 70.4 Å². The molecule has 2 fully saturated rings. The highest BCUT2D eigenvalue weighted by Crippen LogP contribution is 2.37. The Kier molecular flexibility index (Phi) is 18.4. The number of hydrogen-bond acceptors (Lipinski definition) is 14. The van der Waals surface area contributed by atoms with E-state index in [4.69, 9.17) is 41.5 Å². The Morgan fingerprint density at radius 1 is 0.611 bits per heavy atom. The van der Waals surface area contributed by atoms with Crippen LogP contribution < -0.4 is 26.6 Å². The molecule has 4 heterocycles. The number of fused-ring (bicyclic) bond motifs is 2. The fourth-order valence-corrected chi connectivity index (χ4v) is 8.80. The maximum atomic E-state index is 13.3. The van der Waals surface area contributed by atoms with Crippen molar-refractivity contribution < 1.29 is 51.9 Å². The fraction of sp³-hybridized carbons (Fsp3) is 0.340. The first-order valence-electron chi connectivity index (χ1n) is 22.7. The molecular weight excluding hydrogens is 995 g/mol. The van der Waals surface area contributed by atoms with Gasteiger partial charge in [0.2, 0.25) is 29.2 Å². The topological polar surface area (TPSA) is 253 Å². The van der Waals surface area contributed by atoms with Crippen LogP contribution in [-0.2, 0) is 23.9 Å². The lowest BCUT2D eigenvalue weighted by molar-refractivity contribution is -0.130. The number of carbonyl (C=O) groups is 7. The van der Waals surface area contributed by atoms with Crippen molar-refractivity contribution in [3.05, 3.63) is 106 Å². The second-order valence-electron chi connectivity index (χ2n) is 17.1. The van der Waals surface area contributed by atoms with Gasteiger partial charge in [-0.25, -0.2) is 19.6 Å². The number of carbonyl (C=O) groups excluding carboxylic acids is 7. The molecule has 0 radical (unpaired) electrons. The molecule has 5 amide bonds. The van der Waals surface area contributed by atoms with Crippen LogP contribution in [0.3, 0.4) is 0 Å². The Morgan fingerprint density at radius 2 is 1.03 bits per heavy atom. The zero-order valence-electron chi connectivity index (χ0n) is 39.9. The number of methoxy groups -OCH3 is 2. The van der Waals surface area contributed by atoms with Crippen molar-refractivity contribution in [2.75, 3.05) is 49.6 Å². The van der Waals surface area contributed by atoms with Crippen LogP contribution in [0.2, 0.25) is 10.0 Å². The monoisotopic (exact) mass is 1050 g/mol. The van der Waals surface area contributed by atoms with Gasteiger partial charge in [-0.15, -0.1) is 12.4 Å². The quantitative estimate of drug-likeness (QED) is 0.0717. The van der Waals surface area contributed by atoms with E-state index in [9.17, 15) is 33.6 Å². The highest BCUT2D eigenvalue weighted by molar-refractivity contribution is 6.30. The Hall–Kier alpha value is -7.06. The first kappa shape index (κ1) is 54.3. The third kappa shape index (κ3) is 12.9. The summed E-state index contributed by atoms with van der Waals surface area (Å²) in [6.07, 6.45) is 8.62. The molecule has 72 heavy (non-hydrogen) atoms. The van der Waals surface area contributed by atoms with E-state index in [0.29, 0.717) is 63.7 Å². The summed E-state index contributed by atoms with van der Waals surface area (Å²) in [5, 5.41) is 15.9. The van der Waals surface area contributed by atoms with E-state index in [1.54, 1.807) is 36.2 Å². The zero-order chi connectivity index (χ0) is 50.9. The second-order valence-corrected chi connectivity index (χ2v) is 18.0. The van der Waals surface area contributed by atoms with Crippen LogP contribution in [0.25, 0.3) is 21.9 Å². The van der Waals surface area contributed by atoms with Crippen molar-refractivity contribution in [1.29, 1.82) is 0 Å². The Morgan fingerprint density at radius 3 is 1.39 bits per heavy atom. The SMILES string of the molecule is CNC1CCC(C(=O)Nc2c(C(=O)Nc3ccc(Cl)cn3)oc3ccc(C(=O)OC)cc23)CC1.COC(=O)c1ccc2oc(C(=O)Nc3ccc(Cl)cn3)c(NC(=O)C3CCC(N(C)C(C)=O)CC3)c2c1.Cl. The predicted octanol–water partition coefficient (Wildman–Crippen LogP) is 9.15. The van der Waals surface area contributed by atoms with Crippen molar-refractivity contribution in [3.63, 3.8) is 0 Å². The van der Waals surface area contributed by atoms with E-state index < -0.39 is 23.8 Å². The number of nitrogens with zero attached hydrogens (tertiary/aromatic N) is 3. The second kappa shape index (κ2) is 24.4. The summed E-state index contributed by atoms with van der Waals surface area (Å²) in [7, 11) is 6.23. The highest BCUT2D eigenvalue weighted by Gasteiger charge is 2.33. The Balaban J connectivity index is 0.000000233. The first-order chi connectivity index (χ1) is 34.1. The largest absolute Gasteiger partial charge is 0.465 e. The lowest BCUT2D eigenvalue weighted by Gasteiger charge is -2.33. The average Bonchev–Trinajstić information content (AvgIpc) is 3.94. The van der Waals surface area contributed by atoms with Crippen LogP contribution in [0.1, 0.15) is 100 Å². The molecule has 380 valence electrons. The number of rotatable bonds is 12. The molecule has 6 aromatic rings. The Bertz CT molecular complexity index is 2960. The number of hydrogen-bond donors (Lipinski definition) is 5. The summed E-state index contributed by atoms with van der Waals surface area (Å²) in [5.41, 5.74) is 1.52. The van der Waals surface area contributed by atoms with Gasteiger partial charge < -0.3 is 49.8 Å². The number of furan rings is 2. The number of anilines is 4. The molecule has 2 aliphatic rings. The van der Waals surface area contributed by atoms with Gasteiger partial charge in [0.1, 0.15) is 34.2 Å². The number of benzene rings is 2. The van der Waals surface area contributed by atoms with Crippen LogP contribution in [0.5, 0.6) is 0 Å². The summed E-state index contributed by atoms with van der Waals surface area (Å²) in [6, 6.07) is 15.9. The summed E-state index contributed by atoms with van der Waals surface area (Å²) < 4.78 is 21.2. The third-order valence-electron chi connectivity index (χ3n) is 12.7. The standard InChI is InChI=1S/C26H27ClN4O6.C24H25ClN4O5.ClH/c1-14(32)31(2)18-8-4-15(5-9-18)24(33)30-22-19-12-16(26(35)36-3)6-10-20(19)37-23(22)25(34)29-21-11-7-17(27)13-28-21;1-26-16-7-3-13(4-8-16)22(30)29-20-17-11-14(24(32)33-2)5-9-18(17)34-21(20)23(31)28-19-10-6-15(25)12-27-19;/h6-7,10-13,15,18H,4-5,8-9H2,1-3H3,(H,30,33)(H,28,29,34);5-6,9-13,16,26H,3-4,7-8H2,1-2H3,(H,29,30)(H,27,28,31);1H. The van der Waals surface area contributed by atoms with Gasteiger partial charge in [-0.05, 0) is 119 Å². The van der Waals surface area contributed by atoms with Crippen LogP contribution in [-0.4, -0.2) is 96.7 Å². The molecule has 0 spiro atoms. The Labute approximate surface area is 429 Å². The van der Waals surface area contributed by atoms with Crippen LogP contribution in [0, 0.1) is 11.8 Å². The van der Waals surface area contributed by atoms with Crippen LogP contribution in [0.15, 0.2) is 81.9 Å². The average molecular weight is 1050 g/mol. The van der Waals surface area contributed by atoms with Crippen molar-refractivity contribution in [1.82, 2.24) is 20.2 Å². The molecule has 0 atom stereocenters. The van der Waals surface area contributed by atoms with Gasteiger partial charge in [-0.1, -0.05) is 23.2 Å². The summed E-state index contributed by atoms with van der Waals surface area (Å²) in [5.74, 6) is -3.01. The molecule has 2 aromatic carbocycles. The smallest absolute Gasteiger partial charge is 0.337 e. The van der Waals surface area contributed by atoms with Gasteiger partial charge >= 0.3 is 11.9 Å². The lowest BCUT2D eigenvalue weighted by atomic mass is 9.84. The van der Waals surface area contributed by atoms with Crippen LogP contribution in [0.4, 0.5) is 23.0 Å². The molecule has 0 unspecified atom stereocenters. The number of esters is 2. The summed E-state index contributed by atoms with van der Waals surface area (Å²) in [6.45, 7) is 1.53. The number of pyridine rings is 2. The van der Waals surface area contributed by atoms with E-state index in [2.05, 4.69) is 36.6 Å². The third-order valence-corrected chi connectivity index (χ3v) is 13.1. The molecule has 0 aliphatic heterocycles. The number of nitrogens with one attached hydrogen (secondary N) is 5. The molecule has 22 heteroatoms. The minimum absolute atomic E-state index is 0. The summed E-state index contributed by atoms with van der Waals surface area (Å²) >= 11 is 11.7. The minimum atomic E-state index is -0.632. The predicted molar refractivity (Wildman–Crippen MR) is 273 cm³/mol. The van der Waals surface area contributed by atoms with E-state index >= 15 is 0 Å². The van der Waals surface area contributed by atoms with Crippen LogP contribution >= 0.6 is 35.6 Å². The fourth-order valence-electron chi connectivity index (χ4n) is 8.58. The zero-order valence-corrected chi connectivity index (χ0v) is 42.2. The van der Waals surface area contributed by atoms with Crippen molar-refractivity contribution in [2.24, 2.45) is 11.8 Å². The van der Waals surface area contributed by atoms with Gasteiger partial charge in [-0.2, -0.15) is 0 Å². The maximum Gasteiger partial charge on any atom is 0.337 e. The number of ether oxygens (including phenoxy) is 2. The number of aromatic nitrogens is 2. The summed E-state index contributed by atoms with van der Waals surface area (Å²) in [4.78, 5) is 98.3. The minimum Gasteiger partial charge on any atom is -0.465 e. The van der Waals surface area contributed by atoms with Gasteiger partial charge in [0.15, 0.2) is 0 Å². The number of amides is 5. The molecule has 2 aliphatic carbocycles. The molecule has 0 saturated heterocycles. The van der Waals surface area contributed by atoms with Gasteiger partial charge in [0, 0.05) is 61.1 Å². The maximum absolute atomic E-state index is 13.3. The lowest BCUT2D eigenvalue weighted by Crippen LogP contribution is -2.40. The molecule has 19 nitrogen and oxygen atoms in total. The van der Waals surface area contributed by atoms with E-state index in [1.807, 2.05) is 7.05 Å². The van der Waals surface area contributed by atoms with Gasteiger partial charge in [-0.3, -0.25) is 24.0 Å². The van der Waals surface area contributed by atoms with E-state index in [1.165, 1.54) is 69.9 Å². The van der Waals surface area contributed by atoms with Crippen molar-refractivity contribution >= 4 is 122 Å². The van der Waals surface area contributed by atoms with E-state index in [-0.39, 0.29) is 93.7 Å². The molecule has 8 rings (SSSR count). The number of halogens is 3. The molecule has 2 saturated carbocycles. The normalized spacial score (nSPS) is 17.3. The van der Waals surface area contributed by atoms with Gasteiger partial charge in [0.25, 0.3) is 11.8 Å². The molecule has 5 N–H and O–H groups in total. The van der Waals surface area contributed by atoms with Crippen molar-refractivity contribution in [3.8, 4) is 0 Å². The highest BCUT2D eigenvalue weighted by atomic mass is 35.5. The molecule has 4 aromatic heterocycles.